The Kier molecular flexibility index (Phi) is 5.32. The molecule has 1 aliphatic carbocycles. The van der Waals surface area contributed by atoms with Crippen molar-refractivity contribution >= 4 is 23.8 Å². The minimum Gasteiger partial charge on any atom is -0.439 e. The molecule has 0 amide bonds. The number of nitrogens with zero attached hydrogens (tertiary/aromatic N) is 3. The quantitative estimate of drug-likeness (QED) is 0.558. The summed E-state index contributed by atoms with van der Waals surface area (Å²) >= 11 is 12.0. The Hall–Kier alpha value is -2.26. The van der Waals surface area contributed by atoms with Crippen LogP contribution in [0.4, 0.5) is 0 Å². The zero-order valence-electron chi connectivity index (χ0n) is 16.2. The van der Waals surface area contributed by atoms with E-state index < -0.39 is 5.79 Å². The molecule has 1 N–H and O–H groups in total. The van der Waals surface area contributed by atoms with Crippen molar-refractivity contribution in [2.75, 3.05) is 0 Å². The van der Waals surface area contributed by atoms with E-state index in [0.717, 1.165) is 25.7 Å². The van der Waals surface area contributed by atoms with Crippen molar-refractivity contribution in [1.82, 2.24) is 19.7 Å². The number of ether oxygens (including phenoxy) is 3. The van der Waals surface area contributed by atoms with E-state index in [1.54, 1.807) is 23.3 Å². The summed E-state index contributed by atoms with van der Waals surface area (Å²) in [4.78, 5) is 8.57. The van der Waals surface area contributed by atoms with E-state index >= 15 is 0 Å². The Bertz CT molecular complexity index is 1070. The fraction of sp³-hybridized carbons (Fsp3) is 0.381. The highest BCUT2D eigenvalue weighted by Crippen LogP contribution is 2.46. The van der Waals surface area contributed by atoms with E-state index in [1.165, 1.54) is 0 Å². The van der Waals surface area contributed by atoms with Gasteiger partial charge in [-0.1, -0.05) is 42.6 Å². The number of H-pyrrole nitrogens is 1. The van der Waals surface area contributed by atoms with E-state index in [9.17, 15) is 0 Å². The van der Waals surface area contributed by atoms with Gasteiger partial charge in [-0.05, 0) is 37.2 Å². The minimum absolute atomic E-state index is 0.0205. The van der Waals surface area contributed by atoms with Crippen molar-refractivity contribution in [3.05, 3.63) is 64.3 Å². The molecule has 3 heterocycles. The molecule has 7 nitrogen and oxygen atoms in total. The molecule has 5 rings (SSSR count). The topological polar surface area (TPSA) is 74.2 Å². The third-order valence-corrected chi connectivity index (χ3v) is 6.15. The molecule has 0 bridgehead atoms. The van der Waals surface area contributed by atoms with Gasteiger partial charge in [0.1, 0.15) is 18.6 Å². The summed E-state index contributed by atoms with van der Waals surface area (Å²) < 4.78 is 21.0. The van der Waals surface area contributed by atoms with E-state index in [0.29, 0.717) is 33.5 Å². The van der Waals surface area contributed by atoms with Gasteiger partial charge in [-0.2, -0.15) is 0 Å². The van der Waals surface area contributed by atoms with E-state index in [4.69, 9.17) is 38.0 Å². The van der Waals surface area contributed by atoms with Crippen molar-refractivity contribution in [2.45, 2.75) is 50.2 Å². The van der Waals surface area contributed by atoms with Crippen LogP contribution in [0.1, 0.15) is 31.2 Å². The number of aromatic amines is 1. The zero-order chi connectivity index (χ0) is 20.6. The number of aromatic nitrogens is 4. The average molecular weight is 445 g/mol. The summed E-state index contributed by atoms with van der Waals surface area (Å²) in [5.41, 5.74) is 0.649. The van der Waals surface area contributed by atoms with Crippen molar-refractivity contribution in [3.63, 3.8) is 0 Å². The van der Waals surface area contributed by atoms with E-state index in [-0.39, 0.29) is 12.2 Å². The lowest BCUT2D eigenvalue weighted by atomic mass is 9.95. The summed E-state index contributed by atoms with van der Waals surface area (Å²) in [6.07, 6.45) is 7.42. The molecule has 0 spiro atoms. The van der Waals surface area contributed by atoms with Crippen LogP contribution in [0.5, 0.6) is 11.6 Å². The maximum atomic E-state index is 6.70. The van der Waals surface area contributed by atoms with Gasteiger partial charge < -0.3 is 14.2 Å². The van der Waals surface area contributed by atoms with Gasteiger partial charge >= 0.3 is 0 Å². The SMILES string of the molecule is S=c1nc[nH]n1CC1(c2cnc(Oc3ccccc3)cc2Cl)OC2CCCCC2O1. The van der Waals surface area contributed by atoms with Crippen molar-refractivity contribution in [2.24, 2.45) is 0 Å². The highest BCUT2D eigenvalue weighted by molar-refractivity contribution is 7.71. The molecule has 2 fully saturated rings. The van der Waals surface area contributed by atoms with Gasteiger partial charge in [-0.25, -0.2) is 9.97 Å². The second kappa shape index (κ2) is 8.11. The molecule has 1 saturated carbocycles. The summed E-state index contributed by atoms with van der Waals surface area (Å²) in [6, 6.07) is 11.1. The molecule has 156 valence electrons. The van der Waals surface area contributed by atoms with Gasteiger partial charge in [-0.15, -0.1) is 0 Å². The normalized spacial score (nSPS) is 25.8. The highest BCUT2D eigenvalue weighted by atomic mass is 35.5. The second-order valence-electron chi connectivity index (χ2n) is 7.52. The van der Waals surface area contributed by atoms with Crippen LogP contribution in [0.15, 0.2) is 48.9 Å². The Morgan fingerprint density at radius 1 is 1.17 bits per heavy atom. The Balaban J connectivity index is 1.49. The maximum Gasteiger partial charge on any atom is 0.220 e. The number of rotatable bonds is 5. The summed E-state index contributed by atoms with van der Waals surface area (Å²) in [7, 11) is 0. The van der Waals surface area contributed by atoms with Gasteiger partial charge in [0.2, 0.25) is 16.4 Å². The summed E-state index contributed by atoms with van der Waals surface area (Å²) in [5, 5.41) is 3.48. The molecule has 3 aromatic rings. The number of pyridine rings is 1. The number of halogens is 1. The molecular weight excluding hydrogens is 424 g/mol. The van der Waals surface area contributed by atoms with Crippen molar-refractivity contribution < 1.29 is 14.2 Å². The first-order valence-electron chi connectivity index (χ1n) is 9.98. The van der Waals surface area contributed by atoms with Gasteiger partial charge in [0.25, 0.3) is 0 Å². The van der Waals surface area contributed by atoms with Gasteiger partial charge in [0.15, 0.2) is 0 Å². The van der Waals surface area contributed by atoms with Crippen LogP contribution in [0.2, 0.25) is 5.02 Å². The van der Waals surface area contributed by atoms with Crippen LogP contribution in [-0.4, -0.2) is 32.0 Å². The van der Waals surface area contributed by atoms with Gasteiger partial charge in [0, 0.05) is 12.3 Å². The Labute approximate surface area is 184 Å². The smallest absolute Gasteiger partial charge is 0.220 e. The monoisotopic (exact) mass is 444 g/mol. The molecule has 2 aromatic heterocycles. The third-order valence-electron chi connectivity index (χ3n) is 5.52. The fourth-order valence-corrected chi connectivity index (χ4v) is 4.55. The number of benzene rings is 1. The second-order valence-corrected chi connectivity index (χ2v) is 8.30. The number of para-hydroxylation sites is 1. The van der Waals surface area contributed by atoms with Crippen LogP contribution < -0.4 is 4.74 Å². The Morgan fingerprint density at radius 2 is 1.90 bits per heavy atom. The van der Waals surface area contributed by atoms with Crippen LogP contribution in [0.25, 0.3) is 0 Å². The highest BCUT2D eigenvalue weighted by Gasteiger charge is 2.51. The van der Waals surface area contributed by atoms with Crippen LogP contribution in [0.3, 0.4) is 0 Å². The largest absolute Gasteiger partial charge is 0.439 e. The molecule has 1 aromatic carbocycles. The van der Waals surface area contributed by atoms with Crippen LogP contribution >= 0.6 is 23.8 Å². The third kappa shape index (κ3) is 3.76. The molecular formula is C21H21ClN4O3S. The predicted octanol–water partition coefficient (Wildman–Crippen LogP) is 4.99. The van der Waals surface area contributed by atoms with Crippen molar-refractivity contribution in [1.29, 1.82) is 0 Å². The molecule has 2 atom stereocenters. The molecule has 1 saturated heterocycles. The lowest BCUT2D eigenvalue weighted by molar-refractivity contribution is -0.195. The summed E-state index contributed by atoms with van der Waals surface area (Å²) in [6.45, 7) is 0.305. The van der Waals surface area contributed by atoms with Crippen molar-refractivity contribution in [3.8, 4) is 11.6 Å². The summed E-state index contributed by atoms with van der Waals surface area (Å²) in [5.74, 6) is -0.00914. The minimum atomic E-state index is -1.10. The number of fused-ring (bicyclic) bond motifs is 1. The van der Waals surface area contributed by atoms with Crippen LogP contribution in [-0.2, 0) is 21.8 Å². The standard InChI is InChI=1S/C21H21ClN4O3S/c22-16-10-19(27-14-6-2-1-3-7-14)23-11-15(16)21(12-26-20(30)24-13-25-26)28-17-8-4-5-9-18(17)29-21/h1-3,6-7,10-11,13,17-18H,4-5,8-9,12H2,(H,24,25,30). The van der Waals surface area contributed by atoms with E-state index in [2.05, 4.69) is 15.1 Å². The first-order valence-corrected chi connectivity index (χ1v) is 10.8. The van der Waals surface area contributed by atoms with E-state index in [1.807, 2.05) is 30.3 Å². The molecule has 2 unspecified atom stereocenters. The first-order chi connectivity index (χ1) is 14.6. The number of hydrogen-bond donors (Lipinski definition) is 1. The van der Waals surface area contributed by atoms with Gasteiger partial charge in [0.05, 0.1) is 22.8 Å². The average Bonchev–Trinajstić information content (AvgIpc) is 3.32. The molecule has 2 aliphatic rings. The fourth-order valence-electron chi connectivity index (χ4n) is 4.09. The Morgan fingerprint density at radius 3 is 2.53 bits per heavy atom. The molecule has 1 aliphatic heterocycles. The zero-order valence-corrected chi connectivity index (χ0v) is 17.7. The molecule has 30 heavy (non-hydrogen) atoms. The maximum absolute atomic E-state index is 6.70. The lowest BCUT2D eigenvalue weighted by Crippen LogP contribution is -2.35. The lowest BCUT2D eigenvalue weighted by Gasteiger charge is -2.29. The molecule has 0 radical (unpaired) electrons. The van der Waals surface area contributed by atoms with Gasteiger partial charge in [-0.3, -0.25) is 9.78 Å². The number of hydrogen-bond acceptors (Lipinski definition) is 6. The first kappa shape index (κ1) is 19.7. The number of nitrogens with one attached hydrogen (secondary N) is 1. The van der Waals surface area contributed by atoms with Crippen LogP contribution in [0, 0.1) is 4.77 Å². The molecule has 9 heteroatoms. The predicted molar refractivity (Wildman–Crippen MR) is 113 cm³/mol.